The second-order valence-corrected chi connectivity index (χ2v) is 9.32. The summed E-state index contributed by atoms with van der Waals surface area (Å²) < 4.78 is 5.61. The Morgan fingerprint density at radius 2 is 1.59 bits per heavy atom. The van der Waals surface area contributed by atoms with E-state index in [1.54, 1.807) is 6.92 Å². The number of nitrogens with one attached hydrogen (secondary N) is 2. The molecule has 180 valence electrons. The summed E-state index contributed by atoms with van der Waals surface area (Å²) in [7, 11) is 0. The SMILES string of the molecule is CCC(CNC(=O)C1(CNC(=O)OCC2c3ccccc3-c3ccccc32)CCCC1)C(=O)O. The van der Waals surface area contributed by atoms with Crippen molar-refractivity contribution in [3.8, 4) is 11.1 Å². The van der Waals surface area contributed by atoms with Crippen LogP contribution in [-0.4, -0.2) is 42.8 Å². The van der Waals surface area contributed by atoms with Gasteiger partial charge in [0, 0.05) is 19.0 Å². The maximum atomic E-state index is 13.0. The maximum absolute atomic E-state index is 13.0. The highest BCUT2D eigenvalue weighted by Gasteiger charge is 2.41. The normalized spacial score (nSPS) is 16.9. The molecule has 1 saturated carbocycles. The second kappa shape index (κ2) is 10.3. The third-order valence-corrected chi connectivity index (χ3v) is 7.31. The molecule has 7 nitrogen and oxygen atoms in total. The van der Waals surface area contributed by atoms with Gasteiger partial charge in [0.05, 0.1) is 11.3 Å². The molecule has 0 radical (unpaired) electrons. The minimum absolute atomic E-state index is 0.0242. The Labute approximate surface area is 199 Å². The van der Waals surface area contributed by atoms with E-state index in [9.17, 15) is 19.5 Å². The van der Waals surface area contributed by atoms with E-state index >= 15 is 0 Å². The summed E-state index contributed by atoms with van der Waals surface area (Å²) in [4.78, 5) is 36.8. The smallest absolute Gasteiger partial charge is 0.407 e. The van der Waals surface area contributed by atoms with E-state index in [4.69, 9.17) is 4.74 Å². The molecule has 2 aliphatic rings. The van der Waals surface area contributed by atoms with Gasteiger partial charge >= 0.3 is 12.1 Å². The number of ether oxygens (including phenoxy) is 1. The number of hydrogen-bond acceptors (Lipinski definition) is 4. The van der Waals surface area contributed by atoms with Crippen molar-refractivity contribution in [3.63, 3.8) is 0 Å². The first-order valence-electron chi connectivity index (χ1n) is 12.0. The number of carbonyl (C=O) groups excluding carboxylic acids is 2. The first kappa shape index (κ1) is 23.8. The minimum Gasteiger partial charge on any atom is -0.481 e. The van der Waals surface area contributed by atoms with Crippen LogP contribution < -0.4 is 10.6 Å². The van der Waals surface area contributed by atoms with Crippen molar-refractivity contribution in [3.05, 3.63) is 59.7 Å². The Kier molecular flexibility index (Phi) is 7.20. The fraction of sp³-hybridized carbons (Fsp3) is 0.444. The van der Waals surface area contributed by atoms with E-state index in [0.29, 0.717) is 19.3 Å². The molecule has 1 atom stereocenters. The molecule has 0 saturated heterocycles. The van der Waals surface area contributed by atoms with E-state index in [1.165, 1.54) is 11.1 Å². The lowest BCUT2D eigenvalue weighted by Crippen LogP contribution is -2.48. The van der Waals surface area contributed by atoms with Gasteiger partial charge in [-0.3, -0.25) is 9.59 Å². The van der Waals surface area contributed by atoms with Gasteiger partial charge in [-0.25, -0.2) is 4.79 Å². The van der Waals surface area contributed by atoms with Crippen LogP contribution in [0.3, 0.4) is 0 Å². The lowest BCUT2D eigenvalue weighted by Gasteiger charge is -2.28. The second-order valence-electron chi connectivity index (χ2n) is 9.32. The summed E-state index contributed by atoms with van der Waals surface area (Å²) in [5.41, 5.74) is 3.91. The average molecular weight is 465 g/mol. The molecule has 0 aromatic heterocycles. The Morgan fingerprint density at radius 3 is 2.15 bits per heavy atom. The van der Waals surface area contributed by atoms with Crippen LogP contribution in [0.2, 0.25) is 0 Å². The van der Waals surface area contributed by atoms with Crippen molar-refractivity contribution >= 4 is 18.0 Å². The van der Waals surface area contributed by atoms with Crippen LogP contribution >= 0.6 is 0 Å². The van der Waals surface area contributed by atoms with Crippen LogP contribution in [0.1, 0.15) is 56.1 Å². The van der Waals surface area contributed by atoms with E-state index in [-0.39, 0.29) is 31.5 Å². The van der Waals surface area contributed by atoms with Crippen molar-refractivity contribution in [1.29, 1.82) is 0 Å². The number of hydrogen-bond donors (Lipinski definition) is 3. The quantitative estimate of drug-likeness (QED) is 0.513. The summed E-state index contributed by atoms with van der Waals surface area (Å²) in [6.07, 6.45) is 3.02. The molecule has 7 heteroatoms. The number of alkyl carbamates (subject to hydrolysis) is 1. The lowest BCUT2D eigenvalue weighted by molar-refractivity contribution is -0.142. The van der Waals surface area contributed by atoms with Crippen molar-refractivity contribution in [2.75, 3.05) is 19.7 Å². The van der Waals surface area contributed by atoms with Gasteiger partial charge in [-0.15, -0.1) is 0 Å². The Hall–Kier alpha value is -3.35. The molecular weight excluding hydrogens is 432 g/mol. The largest absolute Gasteiger partial charge is 0.481 e. The van der Waals surface area contributed by atoms with Gasteiger partial charge < -0.3 is 20.5 Å². The highest BCUT2D eigenvalue weighted by molar-refractivity contribution is 5.84. The van der Waals surface area contributed by atoms with Gasteiger partial charge in [0.1, 0.15) is 6.61 Å². The van der Waals surface area contributed by atoms with Crippen molar-refractivity contribution in [2.45, 2.75) is 44.9 Å². The van der Waals surface area contributed by atoms with Crippen molar-refractivity contribution < 1.29 is 24.2 Å². The Balaban J connectivity index is 1.35. The molecule has 2 aromatic rings. The minimum atomic E-state index is -0.917. The number of carboxylic acid groups (broad SMARTS) is 1. The van der Waals surface area contributed by atoms with E-state index < -0.39 is 23.4 Å². The number of fused-ring (bicyclic) bond motifs is 3. The lowest BCUT2D eigenvalue weighted by atomic mass is 9.84. The third-order valence-electron chi connectivity index (χ3n) is 7.31. The van der Waals surface area contributed by atoms with Crippen LogP contribution in [0.5, 0.6) is 0 Å². The maximum Gasteiger partial charge on any atom is 0.407 e. The molecule has 1 unspecified atom stereocenters. The van der Waals surface area contributed by atoms with Gasteiger partial charge in [0.2, 0.25) is 5.91 Å². The van der Waals surface area contributed by atoms with E-state index in [2.05, 4.69) is 34.9 Å². The molecule has 34 heavy (non-hydrogen) atoms. The predicted molar refractivity (Wildman–Crippen MR) is 128 cm³/mol. The summed E-state index contributed by atoms with van der Waals surface area (Å²) in [6, 6.07) is 16.3. The zero-order chi connectivity index (χ0) is 24.1. The van der Waals surface area contributed by atoms with E-state index in [0.717, 1.165) is 24.0 Å². The summed E-state index contributed by atoms with van der Waals surface area (Å²) >= 11 is 0. The van der Waals surface area contributed by atoms with Crippen LogP contribution in [0.4, 0.5) is 4.79 Å². The fourth-order valence-electron chi connectivity index (χ4n) is 5.24. The van der Waals surface area contributed by atoms with Gasteiger partial charge in [-0.1, -0.05) is 68.3 Å². The standard InChI is InChI=1S/C27H32N2O5/c1-2-18(24(30)31)15-28-25(32)27(13-7-8-14-27)17-29-26(33)34-16-23-21-11-5-3-9-19(21)20-10-4-6-12-22(20)23/h3-6,9-12,18,23H,2,7-8,13-17H2,1H3,(H,28,32)(H,29,33)(H,30,31). The van der Waals surface area contributed by atoms with Gasteiger partial charge in [-0.05, 0) is 41.5 Å². The molecule has 2 amide bonds. The third kappa shape index (κ3) is 4.79. The topological polar surface area (TPSA) is 105 Å². The first-order chi connectivity index (χ1) is 16.4. The molecule has 2 aromatic carbocycles. The highest BCUT2D eigenvalue weighted by Crippen LogP contribution is 2.44. The zero-order valence-corrected chi connectivity index (χ0v) is 19.5. The van der Waals surface area contributed by atoms with Crippen LogP contribution in [0.15, 0.2) is 48.5 Å². The average Bonchev–Trinajstić information content (AvgIpc) is 3.45. The highest BCUT2D eigenvalue weighted by atomic mass is 16.5. The zero-order valence-electron chi connectivity index (χ0n) is 19.5. The van der Waals surface area contributed by atoms with Crippen molar-refractivity contribution in [2.24, 2.45) is 11.3 Å². The molecule has 4 rings (SSSR count). The van der Waals surface area contributed by atoms with Gasteiger partial charge in [0.15, 0.2) is 0 Å². The van der Waals surface area contributed by atoms with Crippen LogP contribution in [0.25, 0.3) is 11.1 Å². The summed E-state index contributed by atoms with van der Waals surface area (Å²) in [6.45, 7) is 2.28. The molecule has 0 aliphatic heterocycles. The number of carboxylic acids is 1. The number of amides is 2. The summed E-state index contributed by atoms with van der Waals surface area (Å²) in [5, 5.41) is 14.9. The molecule has 2 aliphatic carbocycles. The molecule has 0 heterocycles. The van der Waals surface area contributed by atoms with Crippen molar-refractivity contribution in [1.82, 2.24) is 10.6 Å². The number of carbonyl (C=O) groups is 3. The predicted octanol–water partition coefficient (Wildman–Crippen LogP) is 4.31. The molecule has 3 N–H and O–H groups in total. The monoisotopic (exact) mass is 464 g/mol. The van der Waals surface area contributed by atoms with Crippen LogP contribution in [-0.2, 0) is 14.3 Å². The molecule has 0 spiro atoms. The number of benzene rings is 2. The van der Waals surface area contributed by atoms with Gasteiger partial charge in [0.25, 0.3) is 0 Å². The summed E-state index contributed by atoms with van der Waals surface area (Å²) in [5.74, 6) is -1.75. The first-order valence-corrected chi connectivity index (χ1v) is 12.0. The fourth-order valence-corrected chi connectivity index (χ4v) is 5.24. The molecule has 1 fully saturated rings. The molecule has 0 bridgehead atoms. The van der Waals surface area contributed by atoms with Gasteiger partial charge in [-0.2, -0.15) is 0 Å². The van der Waals surface area contributed by atoms with E-state index in [1.807, 2.05) is 24.3 Å². The number of rotatable bonds is 9. The molecular formula is C27H32N2O5. The van der Waals surface area contributed by atoms with Crippen LogP contribution in [0, 0.1) is 11.3 Å². The number of aliphatic carboxylic acids is 1. The Bertz CT molecular complexity index is 1010. The Morgan fingerprint density at radius 1 is 1.00 bits per heavy atom.